The molecule has 1 heterocycles. The van der Waals surface area contributed by atoms with E-state index in [1.165, 1.54) is 18.2 Å². The van der Waals surface area contributed by atoms with Crippen molar-refractivity contribution in [1.29, 1.82) is 0 Å². The van der Waals surface area contributed by atoms with Gasteiger partial charge >= 0.3 is 0 Å². The highest BCUT2D eigenvalue weighted by molar-refractivity contribution is 5.18. The molecule has 18 heavy (non-hydrogen) atoms. The standard InChI is InChI=1S/C14H20F2N2/c1-17-7-9-18(10-8-17)6-2-3-12-11-13(15)4-5-14(12)16/h4-5,11H,2-3,6-10H2,1H3. The smallest absolute Gasteiger partial charge is 0.126 e. The van der Waals surface area contributed by atoms with Crippen LogP contribution in [0.5, 0.6) is 0 Å². The van der Waals surface area contributed by atoms with Crippen LogP contribution in [0, 0.1) is 11.6 Å². The average Bonchev–Trinajstić information content (AvgIpc) is 2.36. The third-order valence-corrected chi connectivity index (χ3v) is 3.52. The van der Waals surface area contributed by atoms with Crippen LogP contribution in [-0.2, 0) is 6.42 Å². The van der Waals surface area contributed by atoms with E-state index in [1.54, 1.807) is 0 Å². The molecule has 1 aliphatic heterocycles. The Hall–Kier alpha value is -1.00. The molecular formula is C14H20F2N2. The second-order valence-corrected chi connectivity index (χ2v) is 4.98. The lowest BCUT2D eigenvalue weighted by atomic mass is 10.1. The van der Waals surface area contributed by atoms with Gasteiger partial charge in [0.25, 0.3) is 0 Å². The van der Waals surface area contributed by atoms with E-state index >= 15 is 0 Å². The summed E-state index contributed by atoms with van der Waals surface area (Å²) in [7, 11) is 2.12. The summed E-state index contributed by atoms with van der Waals surface area (Å²) in [4.78, 5) is 4.69. The lowest BCUT2D eigenvalue weighted by Gasteiger charge is -2.32. The molecule has 2 rings (SSSR count). The van der Waals surface area contributed by atoms with Gasteiger partial charge in [-0.2, -0.15) is 0 Å². The number of likely N-dealkylation sites (N-methyl/N-ethyl adjacent to an activating group) is 1. The zero-order valence-corrected chi connectivity index (χ0v) is 10.8. The number of benzene rings is 1. The predicted octanol–water partition coefficient (Wildman–Crippen LogP) is 2.14. The maximum atomic E-state index is 13.4. The van der Waals surface area contributed by atoms with E-state index in [-0.39, 0.29) is 11.6 Å². The number of hydrogen-bond donors (Lipinski definition) is 0. The first-order valence-electron chi connectivity index (χ1n) is 6.50. The van der Waals surface area contributed by atoms with Gasteiger partial charge in [0.2, 0.25) is 0 Å². The average molecular weight is 254 g/mol. The zero-order chi connectivity index (χ0) is 13.0. The molecule has 2 nitrogen and oxygen atoms in total. The van der Waals surface area contributed by atoms with Crippen LogP contribution in [0.3, 0.4) is 0 Å². The summed E-state index contributed by atoms with van der Waals surface area (Å²) in [6.45, 7) is 5.29. The van der Waals surface area contributed by atoms with Gasteiger partial charge in [-0.1, -0.05) is 0 Å². The Labute approximate surface area is 107 Å². The fraction of sp³-hybridized carbons (Fsp3) is 0.571. The van der Waals surface area contributed by atoms with Gasteiger partial charge in [0.1, 0.15) is 11.6 Å². The summed E-state index contributed by atoms with van der Waals surface area (Å²) in [6, 6.07) is 3.68. The van der Waals surface area contributed by atoms with Crippen LogP contribution in [0.4, 0.5) is 8.78 Å². The summed E-state index contributed by atoms with van der Waals surface area (Å²) < 4.78 is 26.4. The largest absolute Gasteiger partial charge is 0.304 e. The summed E-state index contributed by atoms with van der Waals surface area (Å²) in [5, 5.41) is 0. The molecule has 0 N–H and O–H groups in total. The summed E-state index contributed by atoms with van der Waals surface area (Å²) in [5.74, 6) is -0.652. The van der Waals surface area contributed by atoms with Crippen molar-refractivity contribution in [3.8, 4) is 0 Å². The van der Waals surface area contributed by atoms with Gasteiger partial charge in [-0.15, -0.1) is 0 Å². The number of nitrogens with zero attached hydrogens (tertiary/aromatic N) is 2. The Morgan fingerprint density at radius 2 is 1.83 bits per heavy atom. The van der Waals surface area contributed by atoms with Crippen LogP contribution in [0.2, 0.25) is 0 Å². The molecule has 0 amide bonds. The van der Waals surface area contributed by atoms with E-state index in [0.29, 0.717) is 12.0 Å². The molecule has 0 aromatic heterocycles. The first-order chi connectivity index (χ1) is 8.65. The van der Waals surface area contributed by atoms with Crippen molar-refractivity contribution in [3.63, 3.8) is 0 Å². The molecule has 1 aliphatic rings. The number of piperazine rings is 1. The van der Waals surface area contributed by atoms with Gasteiger partial charge in [-0.25, -0.2) is 8.78 Å². The van der Waals surface area contributed by atoms with Crippen LogP contribution >= 0.6 is 0 Å². The van der Waals surface area contributed by atoms with E-state index in [0.717, 1.165) is 39.1 Å². The molecule has 0 bridgehead atoms. The third kappa shape index (κ3) is 3.75. The van der Waals surface area contributed by atoms with Crippen molar-refractivity contribution in [2.24, 2.45) is 0 Å². The van der Waals surface area contributed by atoms with Gasteiger partial charge in [0.15, 0.2) is 0 Å². The zero-order valence-electron chi connectivity index (χ0n) is 10.8. The highest BCUT2D eigenvalue weighted by Gasteiger charge is 2.13. The SMILES string of the molecule is CN1CCN(CCCc2cc(F)ccc2F)CC1. The Morgan fingerprint density at radius 1 is 1.11 bits per heavy atom. The first-order valence-corrected chi connectivity index (χ1v) is 6.50. The Morgan fingerprint density at radius 3 is 2.56 bits per heavy atom. The molecule has 1 aromatic rings. The summed E-state index contributed by atoms with van der Waals surface area (Å²) in [5.41, 5.74) is 0.490. The van der Waals surface area contributed by atoms with E-state index in [2.05, 4.69) is 16.8 Å². The van der Waals surface area contributed by atoms with Crippen LogP contribution < -0.4 is 0 Å². The Bertz CT molecular complexity index is 387. The van der Waals surface area contributed by atoms with E-state index < -0.39 is 0 Å². The molecule has 0 unspecified atom stereocenters. The topological polar surface area (TPSA) is 6.48 Å². The molecule has 0 aliphatic carbocycles. The predicted molar refractivity (Wildman–Crippen MR) is 68.6 cm³/mol. The number of rotatable bonds is 4. The summed E-state index contributed by atoms with van der Waals surface area (Å²) >= 11 is 0. The minimum Gasteiger partial charge on any atom is -0.304 e. The van der Waals surface area contributed by atoms with Gasteiger partial charge in [0.05, 0.1) is 0 Å². The first kappa shape index (κ1) is 13.4. The van der Waals surface area contributed by atoms with Crippen LogP contribution in [0.1, 0.15) is 12.0 Å². The lowest BCUT2D eigenvalue weighted by molar-refractivity contribution is 0.153. The van der Waals surface area contributed by atoms with Gasteiger partial charge in [0, 0.05) is 26.2 Å². The second kappa shape index (κ2) is 6.25. The minimum absolute atomic E-state index is 0.297. The number of hydrogen-bond acceptors (Lipinski definition) is 2. The van der Waals surface area contributed by atoms with Crippen molar-refractivity contribution >= 4 is 0 Å². The van der Waals surface area contributed by atoms with Crippen LogP contribution in [-0.4, -0.2) is 49.6 Å². The van der Waals surface area contributed by atoms with Gasteiger partial charge in [-0.3, -0.25) is 0 Å². The molecule has 1 saturated heterocycles. The highest BCUT2D eigenvalue weighted by atomic mass is 19.1. The second-order valence-electron chi connectivity index (χ2n) is 4.98. The van der Waals surface area contributed by atoms with E-state index in [1.807, 2.05) is 0 Å². The van der Waals surface area contributed by atoms with Crippen molar-refractivity contribution in [2.45, 2.75) is 12.8 Å². The summed E-state index contributed by atoms with van der Waals surface area (Å²) in [6.07, 6.45) is 1.49. The lowest BCUT2D eigenvalue weighted by Crippen LogP contribution is -2.44. The molecule has 0 saturated carbocycles. The van der Waals surface area contributed by atoms with Gasteiger partial charge < -0.3 is 9.80 Å². The van der Waals surface area contributed by atoms with Crippen molar-refractivity contribution in [3.05, 3.63) is 35.4 Å². The highest BCUT2D eigenvalue weighted by Crippen LogP contribution is 2.12. The molecule has 4 heteroatoms. The fourth-order valence-electron chi connectivity index (χ4n) is 2.30. The molecule has 0 atom stereocenters. The van der Waals surface area contributed by atoms with Crippen molar-refractivity contribution in [2.75, 3.05) is 39.8 Å². The quantitative estimate of drug-likeness (QED) is 0.812. The Kier molecular flexibility index (Phi) is 4.66. The monoisotopic (exact) mass is 254 g/mol. The van der Waals surface area contributed by atoms with Gasteiger partial charge in [-0.05, 0) is 50.2 Å². The molecular weight excluding hydrogens is 234 g/mol. The van der Waals surface area contributed by atoms with E-state index in [9.17, 15) is 8.78 Å². The van der Waals surface area contributed by atoms with Crippen molar-refractivity contribution in [1.82, 2.24) is 9.80 Å². The Balaban J connectivity index is 1.76. The maximum Gasteiger partial charge on any atom is 0.126 e. The maximum absolute atomic E-state index is 13.4. The molecule has 0 spiro atoms. The molecule has 0 radical (unpaired) electrons. The number of halogens is 2. The molecule has 1 fully saturated rings. The van der Waals surface area contributed by atoms with Crippen molar-refractivity contribution < 1.29 is 8.78 Å². The van der Waals surface area contributed by atoms with Crippen LogP contribution in [0.25, 0.3) is 0 Å². The normalized spacial score (nSPS) is 18.2. The molecule has 1 aromatic carbocycles. The number of aryl methyl sites for hydroxylation is 1. The minimum atomic E-state index is -0.356. The fourth-order valence-corrected chi connectivity index (χ4v) is 2.30. The van der Waals surface area contributed by atoms with E-state index in [4.69, 9.17) is 0 Å². The third-order valence-electron chi connectivity index (χ3n) is 3.52. The molecule has 100 valence electrons. The van der Waals surface area contributed by atoms with Crippen LogP contribution in [0.15, 0.2) is 18.2 Å².